The third kappa shape index (κ3) is 7.47. The molecular weight excluding hydrogens is 573 g/mol. The SMILES string of the molecule is CCC(C)NC(=O)C(C)N(Cc1ccc(Cl)c(Cl)c1)C(=O)CN(c1ccccc1OC)S(=O)(=O)c1ccccc1. The summed E-state index contributed by atoms with van der Waals surface area (Å²) < 4.78 is 34.2. The summed E-state index contributed by atoms with van der Waals surface area (Å²) in [5.41, 5.74) is 0.814. The molecule has 0 fully saturated rings. The lowest BCUT2D eigenvalue weighted by molar-refractivity contribution is -0.139. The number of nitrogens with one attached hydrogen (secondary N) is 1. The van der Waals surface area contributed by atoms with Crippen LogP contribution in [0.2, 0.25) is 10.0 Å². The minimum absolute atomic E-state index is 0.00400. The van der Waals surface area contributed by atoms with Crippen LogP contribution in [0.3, 0.4) is 0 Å². The quantitative estimate of drug-likeness (QED) is 0.293. The van der Waals surface area contributed by atoms with Crippen molar-refractivity contribution in [1.82, 2.24) is 10.2 Å². The van der Waals surface area contributed by atoms with Crippen molar-refractivity contribution in [2.24, 2.45) is 0 Å². The van der Waals surface area contributed by atoms with Gasteiger partial charge in [0, 0.05) is 12.6 Å². The van der Waals surface area contributed by atoms with E-state index in [1.54, 1.807) is 67.6 Å². The van der Waals surface area contributed by atoms with Gasteiger partial charge in [-0.3, -0.25) is 13.9 Å². The lowest BCUT2D eigenvalue weighted by atomic mass is 10.1. The molecule has 2 atom stereocenters. The Hall–Kier alpha value is -3.27. The number of hydrogen-bond acceptors (Lipinski definition) is 5. The van der Waals surface area contributed by atoms with Crippen molar-refractivity contribution >= 4 is 50.7 Å². The highest BCUT2D eigenvalue weighted by atomic mass is 35.5. The van der Waals surface area contributed by atoms with Crippen LogP contribution in [0.25, 0.3) is 0 Å². The molecule has 0 saturated carbocycles. The first-order valence-electron chi connectivity index (χ1n) is 12.7. The van der Waals surface area contributed by atoms with Gasteiger partial charge in [0.2, 0.25) is 11.8 Å². The van der Waals surface area contributed by atoms with Crippen LogP contribution < -0.4 is 14.4 Å². The van der Waals surface area contributed by atoms with Gasteiger partial charge in [-0.1, -0.05) is 66.5 Å². The number of carbonyl (C=O) groups is 2. The first-order valence-corrected chi connectivity index (χ1v) is 14.9. The topological polar surface area (TPSA) is 96.0 Å². The highest BCUT2D eigenvalue weighted by Gasteiger charge is 2.34. The number of halogens is 2. The number of nitrogens with zero attached hydrogens (tertiary/aromatic N) is 2. The van der Waals surface area contributed by atoms with E-state index in [1.165, 1.54) is 24.1 Å². The van der Waals surface area contributed by atoms with Crippen LogP contribution in [0, 0.1) is 0 Å². The number of ether oxygens (including phenoxy) is 1. The molecule has 0 aromatic heterocycles. The maximum atomic E-state index is 14.0. The van der Waals surface area contributed by atoms with Crippen molar-refractivity contribution in [1.29, 1.82) is 0 Å². The van der Waals surface area contributed by atoms with Gasteiger partial charge in [0.25, 0.3) is 10.0 Å². The molecule has 3 aromatic rings. The maximum absolute atomic E-state index is 14.0. The van der Waals surface area contributed by atoms with E-state index in [2.05, 4.69) is 5.32 Å². The standard InChI is InChI=1S/C29H33Cl2N3O5S/c1-5-20(2)32-29(36)21(3)33(18-22-15-16-24(30)25(31)17-22)28(35)19-34(26-13-9-10-14-27(26)39-4)40(37,38)23-11-7-6-8-12-23/h6-17,20-21H,5,18-19H2,1-4H3,(H,32,36). The Morgan fingerprint density at radius 3 is 2.23 bits per heavy atom. The monoisotopic (exact) mass is 605 g/mol. The molecular formula is C29H33Cl2N3O5S. The van der Waals surface area contributed by atoms with E-state index in [1.807, 2.05) is 13.8 Å². The van der Waals surface area contributed by atoms with E-state index >= 15 is 0 Å². The van der Waals surface area contributed by atoms with Gasteiger partial charge in [0.05, 0.1) is 27.7 Å². The molecule has 0 aliphatic heterocycles. The minimum Gasteiger partial charge on any atom is -0.495 e. The molecule has 3 aromatic carbocycles. The molecule has 214 valence electrons. The van der Waals surface area contributed by atoms with Gasteiger partial charge < -0.3 is 15.0 Å². The van der Waals surface area contributed by atoms with Gasteiger partial charge in [0.1, 0.15) is 18.3 Å². The predicted molar refractivity (Wildman–Crippen MR) is 158 cm³/mol. The number of amides is 2. The number of rotatable bonds is 12. The van der Waals surface area contributed by atoms with E-state index in [9.17, 15) is 18.0 Å². The number of methoxy groups -OCH3 is 1. The van der Waals surface area contributed by atoms with Crippen LogP contribution in [0.15, 0.2) is 77.7 Å². The van der Waals surface area contributed by atoms with Crippen molar-refractivity contribution in [3.05, 3.63) is 88.4 Å². The molecule has 0 saturated heterocycles. The lowest BCUT2D eigenvalue weighted by Crippen LogP contribution is -2.52. The Balaban J connectivity index is 2.06. The summed E-state index contributed by atoms with van der Waals surface area (Å²) in [4.78, 5) is 28.5. The highest BCUT2D eigenvalue weighted by molar-refractivity contribution is 7.92. The van der Waals surface area contributed by atoms with E-state index in [0.717, 1.165) is 4.31 Å². The van der Waals surface area contributed by atoms with Gasteiger partial charge in [-0.05, 0) is 62.2 Å². The fraction of sp³-hybridized carbons (Fsp3) is 0.310. The Kier molecular flexibility index (Phi) is 10.8. The first kappa shape index (κ1) is 31.3. The molecule has 0 bridgehead atoms. The molecule has 0 heterocycles. The summed E-state index contributed by atoms with van der Waals surface area (Å²) in [6, 6.07) is 18.2. The molecule has 1 N–H and O–H groups in total. The van der Waals surface area contributed by atoms with Crippen LogP contribution in [0.1, 0.15) is 32.8 Å². The van der Waals surface area contributed by atoms with Gasteiger partial charge >= 0.3 is 0 Å². The second kappa shape index (κ2) is 13.9. The Morgan fingerprint density at radius 1 is 0.950 bits per heavy atom. The molecule has 2 unspecified atom stereocenters. The van der Waals surface area contributed by atoms with Crippen LogP contribution >= 0.6 is 23.2 Å². The lowest BCUT2D eigenvalue weighted by Gasteiger charge is -2.32. The zero-order chi connectivity index (χ0) is 29.4. The molecule has 3 rings (SSSR count). The number of anilines is 1. The van der Waals surface area contributed by atoms with Crippen LogP contribution in [0.4, 0.5) is 5.69 Å². The smallest absolute Gasteiger partial charge is 0.264 e. The molecule has 40 heavy (non-hydrogen) atoms. The average Bonchev–Trinajstić information content (AvgIpc) is 2.96. The molecule has 0 spiro atoms. The molecule has 0 radical (unpaired) electrons. The van der Waals surface area contributed by atoms with Crippen LogP contribution in [-0.4, -0.2) is 50.9 Å². The van der Waals surface area contributed by atoms with Crippen molar-refractivity contribution in [3.8, 4) is 5.75 Å². The van der Waals surface area contributed by atoms with Crippen LogP contribution in [0.5, 0.6) is 5.75 Å². The molecule has 0 aliphatic rings. The molecule has 8 nitrogen and oxygen atoms in total. The van der Waals surface area contributed by atoms with Crippen molar-refractivity contribution < 1.29 is 22.7 Å². The molecule has 0 aliphatic carbocycles. The summed E-state index contributed by atoms with van der Waals surface area (Å²) in [7, 11) is -2.78. The van der Waals surface area contributed by atoms with Crippen molar-refractivity contribution in [2.75, 3.05) is 18.0 Å². The summed E-state index contributed by atoms with van der Waals surface area (Å²) in [5.74, 6) is -0.686. The largest absolute Gasteiger partial charge is 0.495 e. The summed E-state index contributed by atoms with van der Waals surface area (Å²) in [6.07, 6.45) is 0.704. The summed E-state index contributed by atoms with van der Waals surface area (Å²) in [6.45, 7) is 4.82. The number of hydrogen-bond donors (Lipinski definition) is 1. The van der Waals surface area contributed by atoms with Gasteiger partial charge in [-0.25, -0.2) is 8.42 Å². The van der Waals surface area contributed by atoms with E-state index in [-0.39, 0.29) is 34.8 Å². The summed E-state index contributed by atoms with van der Waals surface area (Å²) in [5, 5.41) is 3.54. The number of carbonyl (C=O) groups excluding carboxylic acids is 2. The molecule has 2 amide bonds. The fourth-order valence-corrected chi connectivity index (χ4v) is 5.72. The fourth-order valence-electron chi connectivity index (χ4n) is 3.95. The second-order valence-corrected chi connectivity index (χ2v) is 11.9. The van der Waals surface area contributed by atoms with Crippen molar-refractivity contribution in [3.63, 3.8) is 0 Å². The predicted octanol–water partition coefficient (Wildman–Crippen LogP) is 5.53. The van der Waals surface area contributed by atoms with E-state index in [0.29, 0.717) is 22.0 Å². The normalized spacial score (nSPS) is 12.8. The average molecular weight is 607 g/mol. The number of sulfonamides is 1. The zero-order valence-electron chi connectivity index (χ0n) is 22.8. The Labute approximate surface area is 245 Å². The van der Waals surface area contributed by atoms with E-state index < -0.39 is 28.5 Å². The Bertz CT molecular complexity index is 1440. The van der Waals surface area contributed by atoms with Gasteiger partial charge in [-0.15, -0.1) is 0 Å². The van der Waals surface area contributed by atoms with E-state index in [4.69, 9.17) is 27.9 Å². The van der Waals surface area contributed by atoms with Gasteiger partial charge in [-0.2, -0.15) is 0 Å². The summed E-state index contributed by atoms with van der Waals surface area (Å²) >= 11 is 12.3. The number of benzene rings is 3. The zero-order valence-corrected chi connectivity index (χ0v) is 25.1. The van der Waals surface area contributed by atoms with Crippen LogP contribution in [-0.2, 0) is 26.2 Å². The van der Waals surface area contributed by atoms with Crippen molar-refractivity contribution in [2.45, 2.75) is 50.7 Å². The maximum Gasteiger partial charge on any atom is 0.264 e. The van der Waals surface area contributed by atoms with Gasteiger partial charge in [0.15, 0.2) is 0 Å². The Morgan fingerprint density at radius 2 is 1.60 bits per heavy atom. The number of para-hydroxylation sites is 2. The third-order valence-corrected chi connectivity index (χ3v) is 8.98. The molecule has 11 heteroatoms. The first-order chi connectivity index (χ1) is 19.0. The second-order valence-electron chi connectivity index (χ2n) is 9.26. The third-order valence-electron chi connectivity index (χ3n) is 6.47. The minimum atomic E-state index is -4.20. The highest BCUT2D eigenvalue weighted by Crippen LogP contribution is 2.32.